The number of nitrogens with one attached hydrogen (secondary N) is 2. The van der Waals surface area contributed by atoms with Crippen LogP contribution < -0.4 is 15.4 Å². The average Bonchev–Trinajstić information content (AvgIpc) is 2.55. The van der Waals surface area contributed by atoms with Gasteiger partial charge in [-0.15, -0.1) is 12.4 Å². The molecule has 6 heteroatoms. The van der Waals surface area contributed by atoms with Crippen molar-refractivity contribution in [3.8, 4) is 11.5 Å². The Hall–Kier alpha value is -1.75. The highest BCUT2D eigenvalue weighted by atomic mass is 35.5. The number of rotatable bonds is 4. The summed E-state index contributed by atoms with van der Waals surface area (Å²) in [6.07, 6.45) is 1.92. The Morgan fingerprint density at radius 1 is 1.20 bits per heavy atom. The van der Waals surface area contributed by atoms with Gasteiger partial charge in [0.05, 0.1) is 0 Å². The van der Waals surface area contributed by atoms with Crippen molar-refractivity contribution >= 4 is 29.9 Å². The number of hydrogen-bond acceptors (Lipinski definition) is 3. The first-order chi connectivity index (χ1) is 11.6. The fourth-order valence-electron chi connectivity index (χ4n) is 2.87. The number of carbonyl (C=O) groups excluding carboxylic acids is 1. The van der Waals surface area contributed by atoms with Crippen LogP contribution in [0.1, 0.15) is 30.1 Å². The number of hydrogen-bond donors (Lipinski definition) is 2. The smallest absolute Gasteiger partial charge is 0.251 e. The molecule has 2 aromatic rings. The van der Waals surface area contributed by atoms with Crippen LogP contribution in [0.4, 0.5) is 0 Å². The van der Waals surface area contributed by atoms with Gasteiger partial charge < -0.3 is 15.4 Å². The minimum absolute atomic E-state index is 0. The van der Waals surface area contributed by atoms with Crippen LogP contribution in [-0.2, 0) is 0 Å². The number of halogens is 2. The molecule has 1 amide bonds. The summed E-state index contributed by atoms with van der Waals surface area (Å²) < 4.78 is 5.73. The molecule has 0 aromatic heterocycles. The van der Waals surface area contributed by atoms with Crippen molar-refractivity contribution < 1.29 is 9.53 Å². The Kier molecular flexibility index (Phi) is 7.12. The molecule has 0 spiro atoms. The lowest BCUT2D eigenvalue weighted by molar-refractivity contribution is 0.0925. The van der Waals surface area contributed by atoms with Crippen molar-refractivity contribution in [3.05, 3.63) is 59.1 Å². The monoisotopic (exact) mass is 380 g/mol. The Morgan fingerprint density at radius 2 is 1.96 bits per heavy atom. The van der Waals surface area contributed by atoms with E-state index in [1.165, 1.54) is 0 Å². The summed E-state index contributed by atoms with van der Waals surface area (Å²) in [5.41, 5.74) is 0.639. The summed E-state index contributed by atoms with van der Waals surface area (Å²) in [5.74, 6) is 1.30. The Labute approximate surface area is 159 Å². The van der Waals surface area contributed by atoms with E-state index in [1.807, 2.05) is 12.1 Å². The quantitative estimate of drug-likeness (QED) is 0.824. The predicted molar refractivity (Wildman–Crippen MR) is 103 cm³/mol. The first kappa shape index (κ1) is 19.6. The molecule has 3 rings (SSSR count). The number of benzene rings is 2. The molecule has 0 saturated carbocycles. The van der Waals surface area contributed by atoms with E-state index in [9.17, 15) is 4.79 Å². The van der Waals surface area contributed by atoms with Gasteiger partial charge in [-0.25, -0.2) is 0 Å². The van der Waals surface area contributed by atoms with E-state index in [4.69, 9.17) is 16.3 Å². The first-order valence-electron chi connectivity index (χ1n) is 8.18. The zero-order valence-corrected chi connectivity index (χ0v) is 15.6. The van der Waals surface area contributed by atoms with Gasteiger partial charge in [-0.2, -0.15) is 0 Å². The van der Waals surface area contributed by atoms with E-state index >= 15 is 0 Å². The standard InChI is InChI=1S/C19H21ClN2O2.ClH/c1-13-11-16(9-10-21-13)22-19(23)14-5-7-17(8-6-14)24-18-4-2-3-15(20)12-18;/h2-8,12-13,16,21H,9-11H2,1H3,(H,22,23);1H. The van der Waals surface area contributed by atoms with Crippen molar-refractivity contribution in [1.29, 1.82) is 0 Å². The van der Waals surface area contributed by atoms with E-state index in [0.717, 1.165) is 19.4 Å². The van der Waals surface area contributed by atoms with Gasteiger partial charge >= 0.3 is 0 Å². The molecule has 0 radical (unpaired) electrons. The second kappa shape index (κ2) is 9.09. The lowest BCUT2D eigenvalue weighted by atomic mass is 10.0. The molecule has 134 valence electrons. The van der Waals surface area contributed by atoms with Gasteiger partial charge in [0.15, 0.2) is 0 Å². The van der Waals surface area contributed by atoms with Crippen molar-refractivity contribution in [1.82, 2.24) is 10.6 Å². The third-order valence-electron chi connectivity index (χ3n) is 4.11. The number of piperidine rings is 1. The third-order valence-corrected chi connectivity index (χ3v) is 4.34. The largest absolute Gasteiger partial charge is 0.457 e. The van der Waals surface area contributed by atoms with Crippen LogP contribution in [0.3, 0.4) is 0 Å². The molecular weight excluding hydrogens is 359 g/mol. The molecule has 2 atom stereocenters. The molecule has 4 nitrogen and oxygen atoms in total. The van der Waals surface area contributed by atoms with Gasteiger partial charge in [-0.1, -0.05) is 17.7 Å². The van der Waals surface area contributed by atoms with Crippen molar-refractivity contribution in [2.24, 2.45) is 0 Å². The summed E-state index contributed by atoms with van der Waals surface area (Å²) in [5, 5.41) is 7.11. The lowest BCUT2D eigenvalue weighted by Gasteiger charge is -2.28. The molecule has 1 aliphatic heterocycles. The fraction of sp³-hybridized carbons (Fsp3) is 0.316. The molecule has 25 heavy (non-hydrogen) atoms. The van der Waals surface area contributed by atoms with Crippen LogP contribution in [-0.4, -0.2) is 24.5 Å². The van der Waals surface area contributed by atoms with E-state index < -0.39 is 0 Å². The molecule has 1 aliphatic rings. The van der Waals surface area contributed by atoms with Crippen LogP contribution >= 0.6 is 24.0 Å². The van der Waals surface area contributed by atoms with E-state index in [-0.39, 0.29) is 24.4 Å². The van der Waals surface area contributed by atoms with E-state index in [1.54, 1.807) is 36.4 Å². The Morgan fingerprint density at radius 3 is 2.64 bits per heavy atom. The molecule has 2 aromatic carbocycles. The molecule has 1 heterocycles. The minimum atomic E-state index is -0.0385. The van der Waals surface area contributed by atoms with Gasteiger partial charge in [-0.3, -0.25) is 4.79 Å². The zero-order valence-electron chi connectivity index (χ0n) is 14.0. The Bertz CT molecular complexity index is 707. The topological polar surface area (TPSA) is 50.4 Å². The van der Waals surface area contributed by atoms with Crippen molar-refractivity contribution in [2.45, 2.75) is 31.8 Å². The zero-order chi connectivity index (χ0) is 16.9. The first-order valence-corrected chi connectivity index (χ1v) is 8.56. The highest BCUT2D eigenvalue weighted by Crippen LogP contribution is 2.24. The minimum Gasteiger partial charge on any atom is -0.457 e. The molecule has 0 bridgehead atoms. The highest BCUT2D eigenvalue weighted by molar-refractivity contribution is 6.30. The molecule has 2 unspecified atom stereocenters. The number of amides is 1. The maximum atomic E-state index is 12.3. The van der Waals surface area contributed by atoms with Crippen LogP contribution in [0, 0.1) is 0 Å². The number of carbonyl (C=O) groups is 1. The Balaban J connectivity index is 0.00000225. The summed E-state index contributed by atoms with van der Waals surface area (Å²) >= 11 is 5.94. The van der Waals surface area contributed by atoms with Crippen LogP contribution in [0.25, 0.3) is 0 Å². The van der Waals surface area contributed by atoms with Crippen LogP contribution in [0.2, 0.25) is 5.02 Å². The second-order valence-corrected chi connectivity index (χ2v) is 6.57. The van der Waals surface area contributed by atoms with Gasteiger partial charge in [-0.05, 0) is 68.8 Å². The van der Waals surface area contributed by atoms with Gasteiger partial charge in [0.2, 0.25) is 0 Å². The summed E-state index contributed by atoms with van der Waals surface area (Å²) in [7, 11) is 0. The second-order valence-electron chi connectivity index (χ2n) is 6.13. The van der Waals surface area contributed by atoms with E-state index in [2.05, 4.69) is 17.6 Å². The van der Waals surface area contributed by atoms with Crippen molar-refractivity contribution in [2.75, 3.05) is 6.54 Å². The van der Waals surface area contributed by atoms with Crippen molar-refractivity contribution in [3.63, 3.8) is 0 Å². The van der Waals surface area contributed by atoms with Gasteiger partial charge in [0, 0.05) is 22.7 Å². The highest BCUT2D eigenvalue weighted by Gasteiger charge is 2.20. The molecule has 1 saturated heterocycles. The number of ether oxygens (including phenoxy) is 1. The summed E-state index contributed by atoms with van der Waals surface area (Å²) in [6.45, 7) is 3.08. The molecule has 2 N–H and O–H groups in total. The summed E-state index contributed by atoms with van der Waals surface area (Å²) in [6, 6.07) is 15.0. The predicted octanol–water partition coefficient (Wildman–Crippen LogP) is 4.42. The lowest BCUT2D eigenvalue weighted by Crippen LogP contribution is -2.46. The third kappa shape index (κ3) is 5.63. The maximum Gasteiger partial charge on any atom is 0.251 e. The fourth-order valence-corrected chi connectivity index (χ4v) is 3.05. The van der Waals surface area contributed by atoms with E-state index in [0.29, 0.717) is 28.1 Å². The normalized spacial score (nSPS) is 19.6. The van der Waals surface area contributed by atoms with Gasteiger partial charge in [0.25, 0.3) is 5.91 Å². The van der Waals surface area contributed by atoms with Crippen LogP contribution in [0.15, 0.2) is 48.5 Å². The summed E-state index contributed by atoms with van der Waals surface area (Å²) in [4.78, 5) is 12.3. The average molecular weight is 381 g/mol. The maximum absolute atomic E-state index is 12.3. The van der Waals surface area contributed by atoms with Crippen LogP contribution in [0.5, 0.6) is 11.5 Å². The molecule has 0 aliphatic carbocycles. The van der Waals surface area contributed by atoms with Gasteiger partial charge in [0.1, 0.15) is 11.5 Å². The SMILES string of the molecule is CC1CC(NC(=O)c2ccc(Oc3cccc(Cl)c3)cc2)CCN1.Cl. The molecular formula is C19H22Cl2N2O2. The molecule has 1 fully saturated rings.